The minimum Gasteiger partial charge on any atom is -0.370 e. The van der Waals surface area contributed by atoms with Crippen LogP contribution in [-0.2, 0) is 11.0 Å². The molecule has 1 aromatic rings. The summed E-state index contributed by atoms with van der Waals surface area (Å²) >= 11 is 0. The van der Waals surface area contributed by atoms with Gasteiger partial charge in [-0.05, 0) is 70.8 Å². The molecule has 1 saturated carbocycles. The number of amides is 1. The van der Waals surface area contributed by atoms with Crippen LogP contribution in [0.3, 0.4) is 0 Å². The molecule has 2 aliphatic heterocycles. The first-order valence-corrected chi connectivity index (χ1v) is 11.0. The predicted octanol–water partition coefficient (Wildman–Crippen LogP) is 3.78. The molecule has 1 unspecified atom stereocenters. The summed E-state index contributed by atoms with van der Waals surface area (Å²) in [4.78, 5) is 17.4. The number of anilines is 1. The van der Waals surface area contributed by atoms with E-state index in [0.29, 0.717) is 24.8 Å². The number of rotatable bonds is 4. The third-order valence-electron chi connectivity index (χ3n) is 7.21. The molecule has 3 fully saturated rings. The fraction of sp³-hybridized carbons (Fsp3) is 0.652. The number of hydrogen-bond acceptors (Lipinski definition) is 4. The molecule has 1 atom stereocenters. The molecule has 1 aromatic carbocycles. The zero-order chi connectivity index (χ0) is 22.4. The zero-order valence-electron chi connectivity index (χ0n) is 18.0. The summed E-state index contributed by atoms with van der Waals surface area (Å²) in [5.74, 6) is -0.208. The summed E-state index contributed by atoms with van der Waals surface area (Å²) < 4.78 is 40.5. The van der Waals surface area contributed by atoms with E-state index < -0.39 is 11.7 Å². The summed E-state index contributed by atoms with van der Waals surface area (Å²) in [7, 11) is 0. The Morgan fingerprint density at radius 1 is 1.26 bits per heavy atom. The van der Waals surface area contributed by atoms with Crippen molar-refractivity contribution in [3.8, 4) is 6.07 Å². The SMILES string of the molecule is CC(C)N1CCC2(CC1)CN(c1ccc(C#N)c(C(F)(F)F)c1)CC2C(=O)NC1CC1. The van der Waals surface area contributed by atoms with Crippen LogP contribution in [0.4, 0.5) is 18.9 Å². The van der Waals surface area contributed by atoms with Gasteiger partial charge in [0.15, 0.2) is 0 Å². The molecule has 0 bridgehead atoms. The highest BCUT2D eigenvalue weighted by molar-refractivity contribution is 5.82. The number of nitrogens with zero attached hydrogens (tertiary/aromatic N) is 3. The van der Waals surface area contributed by atoms with E-state index in [1.165, 1.54) is 6.07 Å². The van der Waals surface area contributed by atoms with E-state index >= 15 is 0 Å². The van der Waals surface area contributed by atoms with E-state index in [-0.39, 0.29) is 28.8 Å². The first-order valence-electron chi connectivity index (χ1n) is 11.0. The molecule has 1 amide bonds. The monoisotopic (exact) mass is 434 g/mol. The van der Waals surface area contributed by atoms with Gasteiger partial charge in [0.2, 0.25) is 5.91 Å². The lowest BCUT2D eigenvalue weighted by Crippen LogP contribution is -2.50. The third-order valence-corrected chi connectivity index (χ3v) is 7.21. The molecule has 2 saturated heterocycles. The lowest BCUT2D eigenvalue weighted by molar-refractivity contribution is -0.137. The average Bonchev–Trinajstić information content (AvgIpc) is 3.46. The molecular weight excluding hydrogens is 405 g/mol. The van der Waals surface area contributed by atoms with Crippen LogP contribution in [0.2, 0.25) is 0 Å². The van der Waals surface area contributed by atoms with Gasteiger partial charge >= 0.3 is 6.18 Å². The number of carbonyl (C=O) groups is 1. The number of nitriles is 1. The fourth-order valence-electron chi connectivity index (χ4n) is 5.11. The van der Waals surface area contributed by atoms with Gasteiger partial charge in [0, 0.05) is 36.3 Å². The van der Waals surface area contributed by atoms with Crippen LogP contribution in [-0.4, -0.2) is 49.1 Å². The van der Waals surface area contributed by atoms with Crippen molar-refractivity contribution in [3.05, 3.63) is 29.3 Å². The maximum Gasteiger partial charge on any atom is 0.417 e. The van der Waals surface area contributed by atoms with Crippen LogP contribution in [0.15, 0.2) is 18.2 Å². The van der Waals surface area contributed by atoms with Crippen LogP contribution in [0.25, 0.3) is 0 Å². The summed E-state index contributed by atoms with van der Waals surface area (Å²) in [6, 6.07) is 6.20. The van der Waals surface area contributed by atoms with Gasteiger partial charge in [-0.15, -0.1) is 0 Å². The molecule has 4 rings (SSSR count). The second-order valence-electron chi connectivity index (χ2n) is 9.55. The molecule has 8 heteroatoms. The van der Waals surface area contributed by atoms with E-state index in [0.717, 1.165) is 44.8 Å². The maximum atomic E-state index is 13.5. The molecule has 0 radical (unpaired) electrons. The van der Waals surface area contributed by atoms with Crippen molar-refractivity contribution in [3.63, 3.8) is 0 Å². The lowest BCUT2D eigenvalue weighted by Gasteiger charge is -2.43. The Hall–Kier alpha value is -2.27. The second-order valence-corrected chi connectivity index (χ2v) is 9.55. The van der Waals surface area contributed by atoms with Crippen molar-refractivity contribution in [2.45, 2.75) is 57.8 Å². The quantitative estimate of drug-likeness (QED) is 0.784. The van der Waals surface area contributed by atoms with Gasteiger partial charge < -0.3 is 15.1 Å². The number of benzene rings is 1. The van der Waals surface area contributed by atoms with E-state index in [9.17, 15) is 18.0 Å². The van der Waals surface area contributed by atoms with Gasteiger partial charge in [-0.25, -0.2) is 0 Å². The van der Waals surface area contributed by atoms with E-state index in [1.807, 2.05) is 4.90 Å². The number of halogens is 3. The second kappa shape index (κ2) is 8.01. The Kier molecular flexibility index (Phi) is 5.67. The molecule has 2 heterocycles. The molecule has 31 heavy (non-hydrogen) atoms. The van der Waals surface area contributed by atoms with Crippen molar-refractivity contribution in [2.24, 2.45) is 11.3 Å². The Balaban J connectivity index is 1.62. The third kappa shape index (κ3) is 4.38. The first kappa shape index (κ1) is 21.9. The largest absolute Gasteiger partial charge is 0.417 e. The van der Waals surface area contributed by atoms with Gasteiger partial charge in [-0.3, -0.25) is 4.79 Å². The van der Waals surface area contributed by atoms with Crippen molar-refractivity contribution < 1.29 is 18.0 Å². The number of piperidine rings is 1. The molecule has 1 aliphatic carbocycles. The number of likely N-dealkylation sites (tertiary alicyclic amines) is 1. The standard InChI is InChI=1S/C23H29F3N4O/c1-15(2)29-9-7-22(8-10-29)14-30(13-20(22)21(31)28-17-4-5-17)18-6-3-16(12-27)19(11-18)23(24,25)26/h3,6,11,15,17,20H,4-5,7-10,13-14H2,1-2H3,(H,28,31). The summed E-state index contributed by atoms with van der Waals surface area (Å²) in [5.41, 5.74) is -1.10. The van der Waals surface area contributed by atoms with Gasteiger partial charge in [0.1, 0.15) is 0 Å². The molecule has 1 spiro atoms. The Labute approximate surface area is 181 Å². The number of nitrogens with one attached hydrogen (secondary N) is 1. The zero-order valence-corrected chi connectivity index (χ0v) is 18.0. The molecular formula is C23H29F3N4O. The van der Waals surface area contributed by atoms with Crippen LogP contribution in [0.1, 0.15) is 50.7 Å². The average molecular weight is 435 g/mol. The summed E-state index contributed by atoms with van der Waals surface area (Å²) in [5, 5.41) is 12.2. The number of hydrogen-bond donors (Lipinski definition) is 1. The maximum absolute atomic E-state index is 13.5. The molecule has 5 nitrogen and oxygen atoms in total. The number of alkyl halides is 3. The minimum atomic E-state index is -4.59. The summed E-state index contributed by atoms with van der Waals surface area (Å²) in [6.45, 7) is 7.06. The van der Waals surface area contributed by atoms with E-state index in [4.69, 9.17) is 5.26 Å². The Morgan fingerprint density at radius 3 is 2.48 bits per heavy atom. The van der Waals surface area contributed by atoms with Crippen LogP contribution >= 0.6 is 0 Å². The van der Waals surface area contributed by atoms with Crippen molar-refractivity contribution in [1.29, 1.82) is 5.26 Å². The van der Waals surface area contributed by atoms with Crippen molar-refractivity contribution in [1.82, 2.24) is 10.2 Å². The predicted molar refractivity (Wildman–Crippen MR) is 111 cm³/mol. The van der Waals surface area contributed by atoms with Gasteiger partial charge in [0.25, 0.3) is 0 Å². The molecule has 0 aromatic heterocycles. The summed E-state index contributed by atoms with van der Waals surface area (Å²) in [6.07, 6.45) is -0.884. The van der Waals surface area contributed by atoms with E-state index in [1.54, 1.807) is 12.1 Å². The first-order chi connectivity index (χ1) is 14.6. The highest BCUT2D eigenvalue weighted by atomic mass is 19.4. The van der Waals surface area contributed by atoms with E-state index in [2.05, 4.69) is 24.1 Å². The molecule has 168 valence electrons. The van der Waals surface area contributed by atoms with Crippen LogP contribution in [0.5, 0.6) is 0 Å². The highest BCUT2D eigenvalue weighted by Crippen LogP contribution is 2.47. The lowest BCUT2D eigenvalue weighted by atomic mass is 9.70. The highest BCUT2D eigenvalue weighted by Gasteiger charge is 2.52. The Bertz CT molecular complexity index is 880. The van der Waals surface area contributed by atoms with Crippen molar-refractivity contribution in [2.75, 3.05) is 31.1 Å². The molecule has 1 N–H and O–H groups in total. The van der Waals surface area contributed by atoms with Gasteiger partial charge in [-0.1, -0.05) is 0 Å². The normalized spacial score (nSPS) is 23.9. The topological polar surface area (TPSA) is 59.4 Å². The Morgan fingerprint density at radius 2 is 1.94 bits per heavy atom. The minimum absolute atomic E-state index is 0.0349. The van der Waals surface area contributed by atoms with Gasteiger partial charge in [0.05, 0.1) is 23.1 Å². The molecule has 3 aliphatic rings. The van der Waals surface area contributed by atoms with Crippen molar-refractivity contribution >= 4 is 11.6 Å². The fourth-order valence-corrected chi connectivity index (χ4v) is 5.11. The number of carbonyl (C=O) groups excluding carboxylic acids is 1. The smallest absolute Gasteiger partial charge is 0.370 e. The van der Waals surface area contributed by atoms with Crippen LogP contribution in [0, 0.1) is 22.7 Å². The van der Waals surface area contributed by atoms with Gasteiger partial charge in [-0.2, -0.15) is 18.4 Å². The van der Waals surface area contributed by atoms with Crippen LogP contribution < -0.4 is 10.2 Å².